The highest BCUT2D eigenvalue weighted by Crippen LogP contribution is 2.37. The van der Waals surface area contributed by atoms with Crippen molar-refractivity contribution in [3.8, 4) is 0 Å². The third-order valence-electron chi connectivity index (χ3n) is 4.38. The zero-order valence-corrected chi connectivity index (χ0v) is 15.8. The van der Waals surface area contributed by atoms with Gasteiger partial charge in [0.15, 0.2) is 0 Å². The highest BCUT2D eigenvalue weighted by Gasteiger charge is 2.28. The number of fused-ring (bicyclic) bond motifs is 1. The minimum absolute atomic E-state index is 0.380. The summed E-state index contributed by atoms with van der Waals surface area (Å²) < 4.78 is 1.03. The number of nitrogens with zero attached hydrogens (tertiary/aromatic N) is 3. The second-order valence-corrected chi connectivity index (χ2v) is 7.26. The summed E-state index contributed by atoms with van der Waals surface area (Å²) in [6, 6.07) is 19.0. The van der Waals surface area contributed by atoms with Crippen molar-refractivity contribution in [3.63, 3.8) is 0 Å². The van der Waals surface area contributed by atoms with Gasteiger partial charge < -0.3 is 10.2 Å². The lowest BCUT2D eigenvalue weighted by atomic mass is 10.1. The van der Waals surface area contributed by atoms with Crippen molar-refractivity contribution in [3.05, 3.63) is 70.5 Å². The summed E-state index contributed by atoms with van der Waals surface area (Å²) in [5.41, 5.74) is 3.60. The molecule has 0 saturated heterocycles. The molecule has 4 rings (SSSR count). The Kier molecular flexibility index (Phi) is 4.17. The van der Waals surface area contributed by atoms with Crippen LogP contribution in [0.3, 0.4) is 0 Å². The molecule has 1 aliphatic heterocycles. The third-order valence-corrected chi connectivity index (χ3v) is 4.87. The van der Waals surface area contributed by atoms with Gasteiger partial charge in [-0.25, -0.2) is 9.97 Å². The van der Waals surface area contributed by atoms with Gasteiger partial charge in [0.1, 0.15) is 17.5 Å². The van der Waals surface area contributed by atoms with E-state index in [1.54, 1.807) is 0 Å². The van der Waals surface area contributed by atoms with Crippen molar-refractivity contribution >= 4 is 38.9 Å². The van der Waals surface area contributed by atoms with E-state index in [0.717, 1.165) is 34.0 Å². The van der Waals surface area contributed by atoms with E-state index in [4.69, 9.17) is 0 Å². The number of hydrogen-bond donors (Lipinski definition) is 1. The molecular formula is C20H19BrN4. The van der Waals surface area contributed by atoms with Gasteiger partial charge in [-0.05, 0) is 50.1 Å². The van der Waals surface area contributed by atoms with E-state index in [2.05, 4.69) is 67.3 Å². The monoisotopic (exact) mass is 394 g/mol. The number of anilines is 4. The summed E-state index contributed by atoms with van der Waals surface area (Å²) in [4.78, 5) is 11.5. The Balaban J connectivity index is 1.71. The molecule has 5 heteroatoms. The van der Waals surface area contributed by atoms with E-state index in [-0.39, 0.29) is 0 Å². The number of nitrogens with one attached hydrogen (secondary N) is 1. The Morgan fingerprint density at radius 1 is 1.08 bits per heavy atom. The number of rotatable bonds is 3. The molecule has 1 N–H and O–H groups in total. The standard InChI is InChI=1S/C20H19BrN4/c1-13-10-15-6-3-4-9-18(15)25(13)20-12-19(22-14(2)23-20)24-17-8-5-7-16(21)11-17/h3-9,11-13H,10H2,1-2H3,(H,22,23,24). The van der Waals surface area contributed by atoms with Crippen molar-refractivity contribution in [2.45, 2.75) is 26.3 Å². The molecule has 0 aliphatic carbocycles. The Bertz CT molecular complexity index is 925. The van der Waals surface area contributed by atoms with E-state index in [1.807, 2.05) is 37.3 Å². The largest absolute Gasteiger partial charge is 0.340 e. The molecule has 0 bridgehead atoms. The fourth-order valence-electron chi connectivity index (χ4n) is 3.37. The summed E-state index contributed by atoms with van der Waals surface area (Å²) in [5, 5.41) is 3.38. The summed E-state index contributed by atoms with van der Waals surface area (Å²) in [6.45, 7) is 4.17. The quantitative estimate of drug-likeness (QED) is 0.647. The van der Waals surface area contributed by atoms with Crippen LogP contribution < -0.4 is 10.2 Å². The number of benzene rings is 2. The minimum Gasteiger partial charge on any atom is -0.340 e. The maximum Gasteiger partial charge on any atom is 0.139 e. The lowest BCUT2D eigenvalue weighted by molar-refractivity contribution is 0.747. The van der Waals surface area contributed by atoms with Crippen LogP contribution >= 0.6 is 15.9 Å². The molecule has 1 atom stereocenters. The van der Waals surface area contributed by atoms with Crippen LogP contribution in [0.15, 0.2) is 59.1 Å². The molecule has 25 heavy (non-hydrogen) atoms. The van der Waals surface area contributed by atoms with Crippen molar-refractivity contribution in [1.82, 2.24) is 9.97 Å². The Morgan fingerprint density at radius 2 is 1.92 bits per heavy atom. The first-order chi connectivity index (χ1) is 12.1. The van der Waals surface area contributed by atoms with Crippen LogP contribution in [0.2, 0.25) is 0 Å². The van der Waals surface area contributed by atoms with E-state index >= 15 is 0 Å². The van der Waals surface area contributed by atoms with Gasteiger partial charge in [0.2, 0.25) is 0 Å². The van der Waals surface area contributed by atoms with Crippen molar-refractivity contribution < 1.29 is 0 Å². The fraction of sp³-hybridized carbons (Fsp3) is 0.200. The first kappa shape index (κ1) is 16.1. The van der Waals surface area contributed by atoms with Crippen LogP contribution in [0.5, 0.6) is 0 Å². The lowest BCUT2D eigenvalue weighted by Crippen LogP contribution is -2.25. The van der Waals surface area contributed by atoms with Gasteiger partial charge in [-0.15, -0.1) is 0 Å². The SMILES string of the molecule is Cc1nc(Nc2cccc(Br)c2)cc(N2c3ccccc3CC2C)n1. The Labute approximate surface area is 156 Å². The normalized spacial score (nSPS) is 16.0. The average Bonchev–Trinajstić information content (AvgIpc) is 2.90. The van der Waals surface area contributed by atoms with E-state index < -0.39 is 0 Å². The van der Waals surface area contributed by atoms with Crippen LogP contribution in [0.1, 0.15) is 18.3 Å². The zero-order valence-electron chi connectivity index (χ0n) is 14.2. The summed E-state index contributed by atoms with van der Waals surface area (Å²) in [5.74, 6) is 2.49. The van der Waals surface area contributed by atoms with E-state index in [0.29, 0.717) is 6.04 Å². The molecule has 2 aromatic carbocycles. The molecule has 0 radical (unpaired) electrons. The first-order valence-electron chi connectivity index (χ1n) is 8.35. The molecular weight excluding hydrogens is 376 g/mol. The molecule has 1 aliphatic rings. The number of aromatic nitrogens is 2. The maximum absolute atomic E-state index is 4.69. The van der Waals surface area contributed by atoms with Gasteiger partial charge in [0.25, 0.3) is 0 Å². The van der Waals surface area contributed by atoms with Crippen LogP contribution in [0.25, 0.3) is 0 Å². The molecule has 126 valence electrons. The second kappa shape index (κ2) is 6.48. The molecule has 0 spiro atoms. The third kappa shape index (κ3) is 3.24. The topological polar surface area (TPSA) is 41.1 Å². The predicted octanol–water partition coefficient (Wildman–Crippen LogP) is 5.37. The van der Waals surface area contributed by atoms with Gasteiger partial charge in [0.05, 0.1) is 0 Å². The maximum atomic E-state index is 4.69. The minimum atomic E-state index is 0.380. The molecule has 1 aromatic heterocycles. The highest BCUT2D eigenvalue weighted by atomic mass is 79.9. The van der Waals surface area contributed by atoms with Gasteiger partial charge >= 0.3 is 0 Å². The van der Waals surface area contributed by atoms with Crippen molar-refractivity contribution in [2.75, 3.05) is 10.2 Å². The van der Waals surface area contributed by atoms with Gasteiger partial charge in [0, 0.05) is 28.0 Å². The molecule has 0 fully saturated rings. The van der Waals surface area contributed by atoms with E-state index in [9.17, 15) is 0 Å². The number of halogens is 1. The number of hydrogen-bond acceptors (Lipinski definition) is 4. The summed E-state index contributed by atoms with van der Waals surface area (Å²) >= 11 is 3.50. The average molecular weight is 395 g/mol. The van der Waals surface area contributed by atoms with Crippen LogP contribution in [-0.2, 0) is 6.42 Å². The number of para-hydroxylation sites is 1. The van der Waals surface area contributed by atoms with Crippen LogP contribution in [0.4, 0.5) is 23.0 Å². The van der Waals surface area contributed by atoms with Crippen molar-refractivity contribution in [1.29, 1.82) is 0 Å². The molecule has 4 nitrogen and oxygen atoms in total. The second-order valence-electron chi connectivity index (χ2n) is 6.35. The van der Waals surface area contributed by atoms with Crippen LogP contribution in [-0.4, -0.2) is 16.0 Å². The van der Waals surface area contributed by atoms with Gasteiger partial charge in [-0.2, -0.15) is 0 Å². The summed E-state index contributed by atoms with van der Waals surface area (Å²) in [6.07, 6.45) is 1.04. The predicted molar refractivity (Wildman–Crippen MR) is 106 cm³/mol. The fourth-order valence-corrected chi connectivity index (χ4v) is 3.77. The lowest BCUT2D eigenvalue weighted by Gasteiger charge is -2.24. The smallest absolute Gasteiger partial charge is 0.139 e. The van der Waals surface area contributed by atoms with Gasteiger partial charge in [-0.3, -0.25) is 0 Å². The van der Waals surface area contributed by atoms with Crippen LogP contribution in [0, 0.1) is 6.92 Å². The zero-order chi connectivity index (χ0) is 17.4. The van der Waals surface area contributed by atoms with E-state index in [1.165, 1.54) is 11.3 Å². The van der Waals surface area contributed by atoms with Crippen molar-refractivity contribution in [2.24, 2.45) is 0 Å². The molecule has 0 amide bonds. The number of aryl methyl sites for hydroxylation is 1. The van der Waals surface area contributed by atoms with Gasteiger partial charge in [-0.1, -0.05) is 40.2 Å². The molecule has 2 heterocycles. The molecule has 1 unspecified atom stereocenters. The Morgan fingerprint density at radius 3 is 2.76 bits per heavy atom. The highest BCUT2D eigenvalue weighted by molar-refractivity contribution is 9.10. The molecule has 3 aromatic rings. The Hall–Kier alpha value is -2.40. The first-order valence-corrected chi connectivity index (χ1v) is 9.15. The molecule has 0 saturated carbocycles. The summed E-state index contributed by atoms with van der Waals surface area (Å²) in [7, 11) is 0.